The average molecular weight is 1070 g/mol. The Bertz CT molecular complexity index is 1600. The Morgan fingerprint density at radius 3 is 1.89 bits per heavy atom. The number of esters is 1. The Hall–Kier alpha value is -0.660. The molecule has 2 saturated heterocycles. The number of carbonyl (C=O) groups excluding carboxylic acids is 2. The number of rotatable bonds is 19. The number of aliphatic hydroxyl groups is 5. The van der Waals surface area contributed by atoms with Crippen LogP contribution < -0.4 is 0 Å². The largest absolute Gasteiger partial charge is 0.459 e. The van der Waals surface area contributed by atoms with E-state index in [1.807, 2.05) is 32.8 Å². The molecule has 0 aromatic heterocycles. The number of cyclic esters (lactones) is 1. The second-order valence-electron chi connectivity index (χ2n) is 25.4. The minimum Gasteiger partial charge on any atom is -0.459 e. The van der Waals surface area contributed by atoms with Crippen LogP contribution >= 0.6 is 19.2 Å². The lowest BCUT2D eigenvalue weighted by Gasteiger charge is -2.55. The van der Waals surface area contributed by atoms with Crippen LogP contribution in [0.1, 0.15) is 229 Å². The fourth-order valence-corrected chi connectivity index (χ4v) is 18.0. The summed E-state index contributed by atoms with van der Waals surface area (Å²) in [5.41, 5.74) is -3.59. The van der Waals surface area contributed by atoms with E-state index in [-0.39, 0.29) is 49.8 Å². The zero-order valence-electron chi connectivity index (χ0n) is 47.6. The first kappa shape index (κ1) is 63.2. The van der Waals surface area contributed by atoms with Crippen molar-refractivity contribution in [2.24, 2.45) is 41.4 Å². The summed E-state index contributed by atoms with van der Waals surface area (Å²) in [6, 6.07) is -1.16. The van der Waals surface area contributed by atoms with Crippen molar-refractivity contribution in [3.63, 3.8) is 0 Å². The molecule has 3 aliphatic carbocycles. The number of aliphatic hydroxyl groups excluding tert-OH is 3. The van der Waals surface area contributed by atoms with Crippen molar-refractivity contribution >= 4 is 31.1 Å². The van der Waals surface area contributed by atoms with Crippen molar-refractivity contribution in [2.75, 3.05) is 20.6 Å². The Morgan fingerprint density at radius 2 is 1.36 bits per heavy atom. The summed E-state index contributed by atoms with van der Waals surface area (Å²) in [7, 11) is 4.30. The van der Waals surface area contributed by atoms with Crippen molar-refractivity contribution in [3.8, 4) is 0 Å². The second-order valence-corrected chi connectivity index (χ2v) is 27.1. The molecule has 5 rings (SSSR count). The van der Waals surface area contributed by atoms with Crippen molar-refractivity contribution < 1.29 is 49.3 Å². The van der Waals surface area contributed by atoms with Gasteiger partial charge in [0.15, 0.2) is 6.29 Å². The van der Waals surface area contributed by atoms with Gasteiger partial charge in [0.05, 0.1) is 35.9 Å². The third-order valence-corrected chi connectivity index (χ3v) is 21.9. The summed E-state index contributed by atoms with van der Waals surface area (Å²) in [6.45, 7) is 13.8. The third-order valence-electron chi connectivity index (χ3n) is 19.5. The van der Waals surface area contributed by atoms with Crippen LogP contribution in [0, 0.1) is 41.4 Å². The lowest BCUT2D eigenvalue weighted by atomic mass is 9.58. The number of halogens is 1. The molecule has 0 bridgehead atoms. The van der Waals surface area contributed by atoms with Gasteiger partial charge in [0.2, 0.25) is 5.91 Å². The minimum absolute atomic E-state index is 0.111. The predicted octanol–water partition coefficient (Wildman–Crippen LogP) is 11.3. The molecule has 5 N–H and O–H groups in total. The topological polar surface area (TPSA) is 169 Å². The van der Waals surface area contributed by atoms with Crippen molar-refractivity contribution in [3.05, 3.63) is 0 Å². The maximum Gasteiger partial charge on any atom is 0.311 e. The van der Waals surface area contributed by atoms with Gasteiger partial charge >= 0.3 is 5.97 Å². The van der Waals surface area contributed by atoms with Crippen molar-refractivity contribution in [1.29, 1.82) is 0 Å². The van der Waals surface area contributed by atoms with Gasteiger partial charge in [-0.15, -0.1) is 0 Å². The number of carbonyl (C=O) groups is 2. The molecule has 2 aliphatic heterocycles. The monoisotopic (exact) mass is 1070 g/mol. The van der Waals surface area contributed by atoms with Crippen LogP contribution in [0.15, 0.2) is 0 Å². The van der Waals surface area contributed by atoms with Gasteiger partial charge in [-0.05, 0) is 144 Å². The van der Waals surface area contributed by atoms with Gasteiger partial charge < -0.3 is 49.5 Å². The van der Waals surface area contributed by atoms with Gasteiger partial charge in [-0.2, -0.15) is 0 Å². The van der Waals surface area contributed by atoms with Crippen LogP contribution in [-0.4, -0.2) is 139 Å². The van der Waals surface area contributed by atoms with E-state index in [1.54, 1.807) is 32.6 Å². The average Bonchev–Trinajstić information content (AvgIpc) is 3.37. The standard InChI is InChI=1S/C59H108ClN2O10P/c1-11-49-58(8,69)53(66)43(6)62(38-39(2)37-57(7,68)54(41(4)51(64)42(5)55(67)71-49)72-56-52(65)48(61(9)10)36-40(3)70-56)50(63)35-27-16-14-12-13-15-26-34-47(44-28-20-17-21-29-44)59(73-60,45-30-22-18-23-31-45)46-32-24-19-25-33-46/h39-49,51-54,56,64-66,68-69,73H,11-38H2,1-10H3/t39-,40-,41+,42-,43-,47?,48+,49-,51+,52-,53-,54-,56+,57-,58-/m1/s1. The molecule has 426 valence electrons. The summed E-state index contributed by atoms with van der Waals surface area (Å²) in [5.74, 6) is -0.0666. The predicted molar refractivity (Wildman–Crippen MR) is 296 cm³/mol. The van der Waals surface area contributed by atoms with Crippen LogP contribution in [0.3, 0.4) is 0 Å². The first-order chi connectivity index (χ1) is 34.6. The zero-order chi connectivity index (χ0) is 53.7. The minimum atomic E-state index is -1.94. The fourth-order valence-electron chi connectivity index (χ4n) is 15.2. The summed E-state index contributed by atoms with van der Waals surface area (Å²) < 4.78 is 18.6. The number of nitrogens with zero attached hydrogens (tertiary/aromatic N) is 2. The van der Waals surface area contributed by atoms with Gasteiger partial charge in [0, 0.05) is 30.1 Å². The molecule has 73 heavy (non-hydrogen) atoms. The summed E-state index contributed by atoms with van der Waals surface area (Å²) in [6.07, 6.45) is 23.2. The molecule has 0 spiro atoms. The van der Waals surface area contributed by atoms with Crippen LogP contribution in [0.25, 0.3) is 0 Å². The van der Waals surface area contributed by atoms with E-state index in [1.165, 1.54) is 136 Å². The van der Waals surface area contributed by atoms with E-state index in [4.69, 9.17) is 25.5 Å². The summed E-state index contributed by atoms with van der Waals surface area (Å²) in [5, 5.41) is 60.1. The van der Waals surface area contributed by atoms with E-state index in [0.717, 1.165) is 42.9 Å². The number of amides is 1. The van der Waals surface area contributed by atoms with Gasteiger partial charge in [0.25, 0.3) is 0 Å². The maximum absolute atomic E-state index is 14.5. The van der Waals surface area contributed by atoms with E-state index in [2.05, 4.69) is 0 Å². The fraction of sp³-hybridized carbons (Fsp3) is 0.966. The van der Waals surface area contributed by atoms with Crippen LogP contribution in [0.5, 0.6) is 0 Å². The van der Waals surface area contributed by atoms with Gasteiger partial charge in [-0.3, -0.25) is 9.59 Å². The number of unbranched alkanes of at least 4 members (excludes halogenated alkanes) is 6. The van der Waals surface area contributed by atoms with Crippen LogP contribution in [-0.2, 0) is 23.8 Å². The highest BCUT2D eigenvalue weighted by atomic mass is 35.7. The first-order valence-corrected chi connectivity index (χ1v) is 32.0. The van der Waals surface area contributed by atoms with Gasteiger partial charge in [-0.25, -0.2) is 0 Å². The molecule has 0 aromatic rings. The quantitative estimate of drug-likeness (QED) is 0.0474. The first-order valence-electron chi connectivity index (χ1n) is 30.0. The van der Waals surface area contributed by atoms with E-state index >= 15 is 0 Å². The van der Waals surface area contributed by atoms with E-state index in [9.17, 15) is 35.1 Å². The van der Waals surface area contributed by atoms with E-state index < -0.39 is 71.9 Å². The van der Waals surface area contributed by atoms with Crippen LogP contribution in [0.4, 0.5) is 0 Å². The Kier molecular flexibility index (Phi) is 25.6. The molecule has 0 radical (unpaired) electrons. The van der Waals surface area contributed by atoms with E-state index in [0.29, 0.717) is 25.9 Å². The smallest absolute Gasteiger partial charge is 0.311 e. The second kappa shape index (κ2) is 29.5. The number of ether oxygens (including phenoxy) is 3. The highest BCUT2D eigenvalue weighted by Crippen LogP contribution is 2.63. The molecule has 1 amide bonds. The summed E-state index contributed by atoms with van der Waals surface area (Å²) in [4.78, 5) is 31.8. The molecule has 14 heteroatoms. The zero-order valence-corrected chi connectivity index (χ0v) is 49.3. The molecule has 5 aliphatic rings. The molecule has 5 fully saturated rings. The highest BCUT2D eigenvalue weighted by Gasteiger charge is 2.53. The molecule has 12 nitrogen and oxygen atoms in total. The Morgan fingerprint density at radius 1 is 0.822 bits per heavy atom. The van der Waals surface area contributed by atoms with Gasteiger partial charge in [0.1, 0.15) is 23.9 Å². The third kappa shape index (κ3) is 16.2. The lowest BCUT2D eigenvalue weighted by molar-refractivity contribution is -0.299. The molecule has 2 heterocycles. The molecule has 0 aromatic carbocycles. The number of hydrogen-bond donors (Lipinski definition) is 5. The molecular formula is C59H108ClN2O10P. The normalized spacial score (nSPS) is 37.5. The summed E-state index contributed by atoms with van der Waals surface area (Å²) >= 11 is 7.40. The van der Waals surface area contributed by atoms with Crippen molar-refractivity contribution in [2.45, 2.75) is 300 Å². The highest BCUT2D eigenvalue weighted by molar-refractivity contribution is 7.69. The molecule has 16 atom stereocenters. The maximum atomic E-state index is 14.5. The Labute approximate surface area is 450 Å². The molecule has 3 saturated carbocycles. The number of likely N-dealkylation sites (N-methyl/N-ethyl adjacent to an activating group) is 1. The molecule has 2 unspecified atom stereocenters. The van der Waals surface area contributed by atoms with Gasteiger partial charge in [-0.1, -0.05) is 141 Å². The Balaban J connectivity index is 1.25. The SMILES string of the molecule is CC[C@H]1OC(=O)[C@H](C)[C@@H](O)[C@H](C)[C@@H](O[C@@H]2O[C@H](C)C[C@H](N(C)C)[C@H]2O)[C@](C)(O)C[C@@H](C)CN(C(=O)CCCCCCCCCC(C2CCCCC2)C(PCl)(C2CCCCC2)C2CCCCC2)[C@H](C)[C@@H](O)[C@]1(C)O. The number of hydrogen-bond acceptors (Lipinski definition) is 11. The molecular weight excluding hydrogens is 963 g/mol. The lowest BCUT2D eigenvalue weighted by Crippen LogP contribution is -2.60. The van der Waals surface area contributed by atoms with Crippen molar-refractivity contribution in [1.82, 2.24) is 9.80 Å². The van der Waals surface area contributed by atoms with Crippen LogP contribution in [0.2, 0.25) is 0 Å².